The third-order valence-corrected chi connectivity index (χ3v) is 8.17. The molecule has 0 spiro atoms. The molecule has 0 aromatic heterocycles. The summed E-state index contributed by atoms with van der Waals surface area (Å²) in [6.45, 7) is 2.90. The molecule has 3 aromatic rings. The molecule has 0 bridgehead atoms. The molecule has 0 saturated heterocycles. The highest BCUT2D eigenvalue weighted by atomic mass is 79.9. The van der Waals surface area contributed by atoms with Crippen LogP contribution in [0.25, 0.3) is 0 Å². The number of para-hydroxylation sites is 1. The van der Waals surface area contributed by atoms with E-state index in [1.54, 1.807) is 0 Å². The van der Waals surface area contributed by atoms with Gasteiger partial charge < -0.3 is 4.67 Å². The number of hydrogen-bond donors (Lipinski definition) is 0. The largest absolute Gasteiger partial charge is 0.315 e. The van der Waals surface area contributed by atoms with Crippen LogP contribution in [0.5, 0.6) is 0 Å². The molecule has 0 heterocycles. The first-order valence-corrected chi connectivity index (χ1v) is 11.4. The summed E-state index contributed by atoms with van der Waals surface area (Å²) < 4.78 is 17.7. The summed E-state index contributed by atoms with van der Waals surface area (Å²) in [5, 5.41) is 1.72. The average Bonchev–Trinajstić information content (AvgIpc) is 2.70. The molecule has 0 amide bonds. The second kappa shape index (κ2) is 8.70. The van der Waals surface area contributed by atoms with E-state index in [1.165, 1.54) is 0 Å². The van der Waals surface area contributed by atoms with Crippen LogP contribution in [0.3, 0.4) is 0 Å². The fourth-order valence-electron chi connectivity index (χ4n) is 3.07. The van der Waals surface area contributed by atoms with Gasteiger partial charge in [0.2, 0.25) is 7.29 Å². The van der Waals surface area contributed by atoms with Gasteiger partial charge in [-0.3, -0.25) is 4.57 Å². The third kappa shape index (κ3) is 3.79. The number of anilines is 1. The molecular weight excluding hydrogens is 405 g/mol. The van der Waals surface area contributed by atoms with Crippen molar-refractivity contribution in [3.05, 3.63) is 89.4 Å². The molecule has 2 nitrogen and oxygen atoms in total. The lowest BCUT2D eigenvalue weighted by molar-refractivity contribution is 0.582. The zero-order valence-corrected chi connectivity index (χ0v) is 17.4. The van der Waals surface area contributed by atoms with Gasteiger partial charge in [0.1, 0.15) is 0 Å². The van der Waals surface area contributed by atoms with Crippen LogP contribution in [0.4, 0.5) is 5.69 Å². The highest BCUT2D eigenvalue weighted by Gasteiger charge is 2.35. The maximum Gasteiger partial charge on any atom is 0.229 e. The van der Waals surface area contributed by atoms with E-state index in [4.69, 9.17) is 0 Å². The standard InChI is InChI=1S/C22H23BrNOP/c1-2-3-18-24(22-17-11-10-16-21(22)23)26(25,19-12-6-4-7-13-19)20-14-8-5-9-15-20/h4-17H,2-3,18H2,1H3. The summed E-state index contributed by atoms with van der Waals surface area (Å²) in [4.78, 5) is 0. The van der Waals surface area contributed by atoms with Crippen molar-refractivity contribution >= 4 is 39.5 Å². The SMILES string of the molecule is CCCCN(c1ccccc1Br)P(=O)(c1ccccc1)c1ccccc1. The Morgan fingerprint density at radius 1 is 0.808 bits per heavy atom. The van der Waals surface area contributed by atoms with Crippen LogP contribution in [0, 0.1) is 0 Å². The second-order valence-corrected chi connectivity index (χ2v) is 9.70. The van der Waals surface area contributed by atoms with E-state index in [0.29, 0.717) is 0 Å². The monoisotopic (exact) mass is 427 g/mol. The minimum atomic E-state index is -3.01. The molecule has 134 valence electrons. The molecule has 26 heavy (non-hydrogen) atoms. The average molecular weight is 428 g/mol. The van der Waals surface area contributed by atoms with Crippen LogP contribution in [0.1, 0.15) is 19.8 Å². The Morgan fingerprint density at radius 3 is 1.81 bits per heavy atom. The molecule has 0 aliphatic carbocycles. The van der Waals surface area contributed by atoms with E-state index >= 15 is 0 Å². The minimum absolute atomic E-state index is 0.736. The van der Waals surface area contributed by atoms with Crippen molar-refractivity contribution in [3.8, 4) is 0 Å². The predicted octanol–water partition coefficient (Wildman–Crippen LogP) is 5.98. The smallest absolute Gasteiger partial charge is 0.229 e. The van der Waals surface area contributed by atoms with Crippen LogP contribution in [0.15, 0.2) is 89.4 Å². The Bertz CT molecular complexity index is 839. The van der Waals surface area contributed by atoms with E-state index in [1.807, 2.05) is 84.9 Å². The van der Waals surface area contributed by atoms with E-state index in [9.17, 15) is 4.57 Å². The molecule has 4 heteroatoms. The van der Waals surface area contributed by atoms with Crippen LogP contribution < -0.4 is 15.3 Å². The van der Waals surface area contributed by atoms with Gasteiger partial charge >= 0.3 is 0 Å². The van der Waals surface area contributed by atoms with Crippen molar-refractivity contribution in [1.29, 1.82) is 0 Å². The maximum absolute atomic E-state index is 14.7. The van der Waals surface area contributed by atoms with Gasteiger partial charge in [0, 0.05) is 21.6 Å². The Labute approximate surface area is 164 Å². The number of benzene rings is 3. The van der Waals surface area contributed by atoms with Crippen molar-refractivity contribution < 1.29 is 4.57 Å². The number of halogens is 1. The molecular formula is C22H23BrNOP. The van der Waals surface area contributed by atoms with E-state index < -0.39 is 7.29 Å². The first-order valence-electron chi connectivity index (χ1n) is 8.91. The highest BCUT2D eigenvalue weighted by molar-refractivity contribution is 9.10. The number of rotatable bonds is 7. The third-order valence-electron chi connectivity index (χ3n) is 4.41. The zero-order chi connectivity index (χ0) is 18.4. The lowest BCUT2D eigenvalue weighted by Gasteiger charge is -2.35. The summed E-state index contributed by atoms with van der Waals surface area (Å²) in [6, 6.07) is 27.7. The first-order chi connectivity index (χ1) is 12.7. The van der Waals surface area contributed by atoms with Gasteiger partial charge in [-0.2, -0.15) is 0 Å². The number of nitrogens with zero attached hydrogens (tertiary/aromatic N) is 1. The van der Waals surface area contributed by atoms with Gasteiger partial charge in [0.25, 0.3) is 0 Å². The Morgan fingerprint density at radius 2 is 1.31 bits per heavy atom. The normalized spacial score (nSPS) is 11.3. The van der Waals surface area contributed by atoms with Crippen molar-refractivity contribution in [2.75, 3.05) is 11.2 Å². The lowest BCUT2D eigenvalue weighted by atomic mass is 10.3. The fourth-order valence-corrected chi connectivity index (χ4v) is 6.61. The molecule has 3 aromatic carbocycles. The molecule has 0 saturated carbocycles. The topological polar surface area (TPSA) is 20.3 Å². The van der Waals surface area contributed by atoms with Gasteiger partial charge in [0.05, 0.1) is 5.69 Å². The van der Waals surface area contributed by atoms with Crippen molar-refractivity contribution in [1.82, 2.24) is 0 Å². The Kier molecular flexibility index (Phi) is 6.34. The number of unbranched alkanes of at least 4 members (excludes halogenated alkanes) is 1. The van der Waals surface area contributed by atoms with E-state index in [0.717, 1.165) is 40.2 Å². The minimum Gasteiger partial charge on any atom is -0.315 e. The van der Waals surface area contributed by atoms with E-state index in [2.05, 4.69) is 27.5 Å². The van der Waals surface area contributed by atoms with Crippen molar-refractivity contribution in [2.24, 2.45) is 0 Å². The lowest BCUT2D eigenvalue weighted by Crippen LogP contribution is -2.33. The predicted molar refractivity (Wildman–Crippen MR) is 116 cm³/mol. The summed E-state index contributed by atoms with van der Waals surface area (Å²) >= 11 is 3.66. The molecule has 0 aliphatic heterocycles. The van der Waals surface area contributed by atoms with Crippen LogP contribution in [-0.2, 0) is 4.57 Å². The van der Waals surface area contributed by atoms with Gasteiger partial charge in [-0.25, -0.2) is 0 Å². The summed E-state index contributed by atoms with van der Waals surface area (Å²) in [5.41, 5.74) is 0.969. The summed E-state index contributed by atoms with van der Waals surface area (Å²) in [7, 11) is -3.01. The molecule has 0 radical (unpaired) electrons. The maximum atomic E-state index is 14.7. The fraction of sp³-hybridized carbons (Fsp3) is 0.182. The van der Waals surface area contributed by atoms with Crippen molar-refractivity contribution in [2.45, 2.75) is 19.8 Å². The van der Waals surface area contributed by atoms with E-state index in [-0.39, 0.29) is 0 Å². The second-order valence-electron chi connectivity index (χ2n) is 6.18. The van der Waals surface area contributed by atoms with Gasteiger partial charge in [-0.1, -0.05) is 61.9 Å². The van der Waals surface area contributed by atoms with Gasteiger partial charge in [-0.15, -0.1) is 0 Å². The molecule has 3 rings (SSSR count). The Balaban J connectivity index is 2.23. The van der Waals surface area contributed by atoms with Crippen molar-refractivity contribution in [3.63, 3.8) is 0 Å². The highest BCUT2D eigenvalue weighted by Crippen LogP contribution is 2.51. The summed E-state index contributed by atoms with van der Waals surface area (Å²) in [6.07, 6.45) is 2.02. The molecule has 0 unspecified atom stereocenters. The van der Waals surface area contributed by atoms with Gasteiger partial charge in [0.15, 0.2) is 0 Å². The molecule has 0 N–H and O–H groups in total. The summed E-state index contributed by atoms with van der Waals surface area (Å²) in [5.74, 6) is 0. The Hall–Kier alpha value is -1.83. The van der Waals surface area contributed by atoms with Crippen LogP contribution in [-0.4, -0.2) is 6.54 Å². The number of hydrogen-bond acceptors (Lipinski definition) is 1. The quantitative estimate of drug-likeness (QED) is 0.431. The van der Waals surface area contributed by atoms with Crippen LogP contribution >= 0.6 is 23.2 Å². The van der Waals surface area contributed by atoms with Gasteiger partial charge in [-0.05, 0) is 58.7 Å². The van der Waals surface area contributed by atoms with Crippen LogP contribution in [0.2, 0.25) is 0 Å². The zero-order valence-electron chi connectivity index (χ0n) is 14.9. The molecule has 0 fully saturated rings. The first kappa shape index (κ1) is 18.9. The molecule has 0 aliphatic rings. The molecule has 0 atom stereocenters.